The molecule has 0 aliphatic carbocycles. The van der Waals surface area contributed by atoms with Gasteiger partial charge in [0, 0.05) is 13.1 Å². The van der Waals surface area contributed by atoms with Crippen molar-refractivity contribution in [2.75, 3.05) is 26.0 Å². The number of nitrogens with zero attached hydrogens (tertiary/aromatic N) is 3. The van der Waals surface area contributed by atoms with Gasteiger partial charge in [-0.25, -0.2) is 4.98 Å². The smallest absolute Gasteiger partial charge is 0.268 e. The highest BCUT2D eigenvalue weighted by atomic mass is 35.5. The lowest BCUT2D eigenvalue weighted by Gasteiger charge is -2.13. The average molecular weight is 351 g/mol. The molecular formula is C16H19ClN4OS. The number of carbonyl (C=O) groups excluding carboxylic acids is 1. The van der Waals surface area contributed by atoms with Crippen LogP contribution in [0.5, 0.6) is 0 Å². The number of nitrogens with one attached hydrogen (secondary N) is 1. The van der Waals surface area contributed by atoms with Crippen LogP contribution in [0.4, 0.5) is 5.95 Å². The van der Waals surface area contributed by atoms with Crippen LogP contribution in [-0.2, 0) is 6.54 Å². The van der Waals surface area contributed by atoms with Gasteiger partial charge >= 0.3 is 0 Å². The molecule has 0 radical (unpaired) electrons. The lowest BCUT2D eigenvalue weighted by atomic mass is 10.3. The van der Waals surface area contributed by atoms with Crippen LogP contribution in [0.2, 0.25) is 0 Å². The number of carbonyl (C=O) groups is 1. The Bertz CT molecular complexity index is 783. The second-order valence-electron chi connectivity index (χ2n) is 5.31. The highest BCUT2D eigenvalue weighted by molar-refractivity contribution is 7.12. The molecule has 3 rings (SSSR count). The number of para-hydroxylation sites is 2. The lowest BCUT2D eigenvalue weighted by molar-refractivity contribution is 0.102. The molecule has 0 spiro atoms. The number of imidazole rings is 1. The van der Waals surface area contributed by atoms with Crippen molar-refractivity contribution in [1.29, 1.82) is 0 Å². The molecule has 3 aromatic rings. The maximum atomic E-state index is 12.3. The zero-order valence-electron chi connectivity index (χ0n) is 13.0. The largest absolute Gasteiger partial charge is 0.309 e. The van der Waals surface area contributed by atoms with Gasteiger partial charge < -0.3 is 9.47 Å². The van der Waals surface area contributed by atoms with Gasteiger partial charge in [-0.3, -0.25) is 10.1 Å². The Kier molecular flexibility index (Phi) is 5.76. The molecule has 0 fully saturated rings. The first-order chi connectivity index (χ1) is 10.6. The third-order valence-electron chi connectivity index (χ3n) is 3.40. The number of benzene rings is 1. The van der Waals surface area contributed by atoms with Crippen LogP contribution in [0.25, 0.3) is 11.0 Å². The van der Waals surface area contributed by atoms with Gasteiger partial charge in [0.25, 0.3) is 5.91 Å². The molecular weight excluding hydrogens is 332 g/mol. The van der Waals surface area contributed by atoms with E-state index in [0.717, 1.165) is 24.1 Å². The molecule has 1 N–H and O–H groups in total. The quantitative estimate of drug-likeness (QED) is 0.767. The Hall–Kier alpha value is -1.89. The predicted molar refractivity (Wildman–Crippen MR) is 97.8 cm³/mol. The molecule has 1 aromatic carbocycles. The molecule has 0 atom stereocenters. The normalized spacial score (nSPS) is 10.7. The minimum Gasteiger partial charge on any atom is -0.309 e. The van der Waals surface area contributed by atoms with Crippen LogP contribution in [-0.4, -0.2) is 41.0 Å². The minimum atomic E-state index is -0.114. The molecule has 0 bridgehead atoms. The molecule has 2 aromatic heterocycles. The van der Waals surface area contributed by atoms with Gasteiger partial charge in [0.15, 0.2) is 0 Å². The number of hydrogen-bond donors (Lipinski definition) is 1. The Labute approximate surface area is 145 Å². The molecule has 7 heteroatoms. The van der Waals surface area contributed by atoms with Gasteiger partial charge in [0.05, 0.1) is 15.9 Å². The van der Waals surface area contributed by atoms with Crippen molar-refractivity contribution in [2.24, 2.45) is 0 Å². The van der Waals surface area contributed by atoms with Crippen molar-refractivity contribution < 1.29 is 4.79 Å². The topological polar surface area (TPSA) is 50.2 Å². The Balaban J connectivity index is 0.00000192. The zero-order chi connectivity index (χ0) is 15.5. The predicted octanol–water partition coefficient (Wildman–Crippen LogP) is 3.33. The van der Waals surface area contributed by atoms with Crippen LogP contribution >= 0.6 is 23.7 Å². The number of rotatable bonds is 5. The summed E-state index contributed by atoms with van der Waals surface area (Å²) in [5.74, 6) is 0.484. The number of halogens is 1. The number of hydrogen-bond acceptors (Lipinski definition) is 4. The summed E-state index contributed by atoms with van der Waals surface area (Å²) < 4.78 is 2.06. The van der Waals surface area contributed by atoms with Crippen molar-refractivity contribution in [3.63, 3.8) is 0 Å². The van der Waals surface area contributed by atoms with Gasteiger partial charge in [0.2, 0.25) is 5.95 Å². The summed E-state index contributed by atoms with van der Waals surface area (Å²) >= 11 is 1.42. The maximum Gasteiger partial charge on any atom is 0.268 e. The third-order valence-corrected chi connectivity index (χ3v) is 4.26. The monoisotopic (exact) mass is 350 g/mol. The Morgan fingerprint density at radius 3 is 2.74 bits per heavy atom. The number of fused-ring (bicyclic) bond motifs is 1. The van der Waals surface area contributed by atoms with Crippen molar-refractivity contribution >= 4 is 46.6 Å². The van der Waals surface area contributed by atoms with E-state index in [0.29, 0.717) is 10.8 Å². The highest BCUT2D eigenvalue weighted by Crippen LogP contribution is 2.20. The molecule has 5 nitrogen and oxygen atoms in total. The fourth-order valence-corrected chi connectivity index (χ4v) is 2.89. The zero-order valence-corrected chi connectivity index (χ0v) is 14.7. The number of thiophene rings is 1. The van der Waals surface area contributed by atoms with E-state index < -0.39 is 0 Å². The maximum absolute atomic E-state index is 12.3. The summed E-state index contributed by atoms with van der Waals surface area (Å²) in [5.41, 5.74) is 1.92. The van der Waals surface area contributed by atoms with Gasteiger partial charge in [0.1, 0.15) is 0 Å². The average Bonchev–Trinajstić information content (AvgIpc) is 3.13. The number of aromatic nitrogens is 2. The van der Waals surface area contributed by atoms with Crippen molar-refractivity contribution in [2.45, 2.75) is 6.54 Å². The number of anilines is 1. The van der Waals surface area contributed by atoms with Crippen LogP contribution < -0.4 is 5.32 Å². The standard InChI is InChI=1S/C16H18N4OS.ClH/c1-19(2)9-10-20-13-7-4-3-6-12(13)17-16(20)18-15(21)14-8-5-11-22-14;/h3-8,11H,9-10H2,1-2H3,(H,17,18,21);1H. The SMILES string of the molecule is CN(C)CCn1c(NC(=O)c2cccs2)nc2ccccc21.Cl. The molecule has 2 heterocycles. The van der Waals surface area contributed by atoms with E-state index >= 15 is 0 Å². The van der Waals surface area contributed by atoms with E-state index in [2.05, 4.69) is 19.8 Å². The second-order valence-corrected chi connectivity index (χ2v) is 6.26. The van der Waals surface area contributed by atoms with E-state index in [1.165, 1.54) is 11.3 Å². The summed E-state index contributed by atoms with van der Waals surface area (Å²) in [5, 5.41) is 4.82. The van der Waals surface area contributed by atoms with Crippen molar-refractivity contribution in [3.8, 4) is 0 Å². The van der Waals surface area contributed by atoms with E-state index in [1.54, 1.807) is 0 Å². The van der Waals surface area contributed by atoms with Crippen LogP contribution in [0.1, 0.15) is 9.67 Å². The summed E-state index contributed by atoms with van der Waals surface area (Å²) in [6.07, 6.45) is 0. The van der Waals surface area contributed by atoms with Gasteiger partial charge in [-0.05, 0) is 37.7 Å². The summed E-state index contributed by atoms with van der Waals surface area (Å²) in [6.45, 7) is 1.65. The van der Waals surface area contributed by atoms with Crippen LogP contribution in [0.15, 0.2) is 41.8 Å². The van der Waals surface area contributed by atoms with E-state index in [4.69, 9.17) is 0 Å². The van der Waals surface area contributed by atoms with E-state index in [-0.39, 0.29) is 18.3 Å². The molecule has 0 unspecified atom stereocenters. The van der Waals surface area contributed by atoms with Gasteiger partial charge in [-0.2, -0.15) is 0 Å². The van der Waals surface area contributed by atoms with Crippen LogP contribution in [0.3, 0.4) is 0 Å². The second kappa shape index (κ2) is 7.59. The van der Waals surface area contributed by atoms with Gasteiger partial charge in [-0.15, -0.1) is 23.7 Å². The Morgan fingerprint density at radius 1 is 1.26 bits per heavy atom. The molecule has 1 amide bonds. The fraction of sp³-hybridized carbons (Fsp3) is 0.250. The number of amides is 1. The van der Waals surface area contributed by atoms with Crippen LogP contribution in [0, 0.1) is 0 Å². The van der Waals surface area contributed by atoms with Crippen molar-refractivity contribution in [3.05, 3.63) is 46.7 Å². The summed E-state index contributed by atoms with van der Waals surface area (Å²) in [6, 6.07) is 11.6. The molecule has 122 valence electrons. The first kappa shape index (κ1) is 17.5. The first-order valence-corrected chi connectivity index (χ1v) is 7.98. The molecule has 23 heavy (non-hydrogen) atoms. The van der Waals surface area contributed by atoms with E-state index in [9.17, 15) is 4.79 Å². The first-order valence-electron chi connectivity index (χ1n) is 7.10. The minimum absolute atomic E-state index is 0. The van der Waals surface area contributed by atoms with Gasteiger partial charge in [-0.1, -0.05) is 18.2 Å². The molecule has 0 saturated heterocycles. The third kappa shape index (κ3) is 3.90. The highest BCUT2D eigenvalue weighted by Gasteiger charge is 2.14. The fourth-order valence-electron chi connectivity index (χ4n) is 2.27. The summed E-state index contributed by atoms with van der Waals surface area (Å²) in [7, 11) is 4.06. The molecule has 0 aliphatic heterocycles. The van der Waals surface area contributed by atoms with Crippen molar-refractivity contribution in [1.82, 2.24) is 14.5 Å². The number of likely N-dealkylation sites (N-methyl/N-ethyl adjacent to an activating group) is 1. The Morgan fingerprint density at radius 2 is 2.04 bits per heavy atom. The summed E-state index contributed by atoms with van der Waals surface area (Å²) in [4.78, 5) is 19.6. The molecule has 0 saturated carbocycles. The van der Waals surface area contributed by atoms with E-state index in [1.807, 2.05) is 55.9 Å². The lowest BCUT2D eigenvalue weighted by Crippen LogP contribution is -2.21. The molecule has 0 aliphatic rings.